The molecule has 0 amide bonds. The van der Waals surface area contributed by atoms with E-state index in [1.54, 1.807) is 7.11 Å². The van der Waals surface area contributed by atoms with Gasteiger partial charge in [0.05, 0.1) is 6.04 Å². The van der Waals surface area contributed by atoms with Gasteiger partial charge in [-0.2, -0.15) is 0 Å². The first-order chi connectivity index (χ1) is 7.83. The summed E-state index contributed by atoms with van der Waals surface area (Å²) in [6.45, 7) is 4.04. The summed E-state index contributed by atoms with van der Waals surface area (Å²) in [7, 11) is 3.73. The van der Waals surface area contributed by atoms with Gasteiger partial charge in [0.2, 0.25) is 0 Å². The number of methoxy groups -OCH3 is 1. The fraction of sp³-hybridized carbons (Fsp3) is 0.750. The molecular formula is C12H23N3O. The maximum Gasteiger partial charge on any atom is 0.125 e. The van der Waals surface area contributed by atoms with Crippen LogP contribution in [0.5, 0.6) is 0 Å². The number of hydrogen-bond donors (Lipinski definition) is 1. The second-order valence-electron chi connectivity index (χ2n) is 3.96. The van der Waals surface area contributed by atoms with Crippen LogP contribution in [0.2, 0.25) is 0 Å². The number of hydrogen-bond acceptors (Lipinski definition) is 3. The average Bonchev–Trinajstić information content (AvgIpc) is 2.73. The minimum absolute atomic E-state index is 0.330. The van der Waals surface area contributed by atoms with Crippen molar-refractivity contribution in [3.05, 3.63) is 18.2 Å². The van der Waals surface area contributed by atoms with Crippen molar-refractivity contribution < 1.29 is 4.74 Å². The van der Waals surface area contributed by atoms with Crippen LogP contribution in [0.4, 0.5) is 0 Å². The third-order valence-electron chi connectivity index (χ3n) is 2.71. The lowest BCUT2D eigenvalue weighted by molar-refractivity contribution is 0.188. The van der Waals surface area contributed by atoms with E-state index in [2.05, 4.69) is 28.0 Å². The van der Waals surface area contributed by atoms with E-state index in [0.717, 1.165) is 38.2 Å². The molecule has 0 spiro atoms. The van der Waals surface area contributed by atoms with Crippen LogP contribution < -0.4 is 5.32 Å². The summed E-state index contributed by atoms with van der Waals surface area (Å²) < 4.78 is 7.31. The van der Waals surface area contributed by atoms with Crippen LogP contribution in [0.15, 0.2) is 12.4 Å². The molecule has 0 aliphatic rings. The predicted octanol–water partition coefficient (Wildman–Crippen LogP) is 1.98. The Morgan fingerprint density at radius 2 is 2.38 bits per heavy atom. The molecule has 0 aliphatic carbocycles. The third-order valence-corrected chi connectivity index (χ3v) is 2.71. The van der Waals surface area contributed by atoms with E-state index in [0.29, 0.717) is 6.04 Å². The van der Waals surface area contributed by atoms with Crippen molar-refractivity contribution in [3.63, 3.8) is 0 Å². The molecule has 0 bridgehead atoms. The van der Waals surface area contributed by atoms with Crippen LogP contribution in [-0.2, 0) is 11.3 Å². The largest absolute Gasteiger partial charge is 0.385 e. The molecule has 0 saturated heterocycles. The van der Waals surface area contributed by atoms with Crippen molar-refractivity contribution >= 4 is 0 Å². The van der Waals surface area contributed by atoms with Gasteiger partial charge in [-0.25, -0.2) is 4.98 Å². The Labute approximate surface area is 98.0 Å². The van der Waals surface area contributed by atoms with E-state index in [1.807, 2.05) is 13.2 Å². The first kappa shape index (κ1) is 13.2. The molecule has 16 heavy (non-hydrogen) atoms. The van der Waals surface area contributed by atoms with Crippen LogP contribution in [0, 0.1) is 0 Å². The maximum absolute atomic E-state index is 5.08. The van der Waals surface area contributed by atoms with Crippen LogP contribution in [0.3, 0.4) is 0 Å². The molecule has 0 aliphatic heterocycles. The zero-order valence-electron chi connectivity index (χ0n) is 10.6. The average molecular weight is 225 g/mol. The Kier molecular flexibility index (Phi) is 6.11. The topological polar surface area (TPSA) is 39.1 Å². The van der Waals surface area contributed by atoms with Crippen LogP contribution in [0.1, 0.15) is 38.1 Å². The number of nitrogens with zero attached hydrogens (tertiary/aromatic N) is 2. The molecule has 0 fully saturated rings. The van der Waals surface area contributed by atoms with Gasteiger partial charge in [-0.1, -0.05) is 6.92 Å². The Morgan fingerprint density at radius 1 is 1.56 bits per heavy atom. The van der Waals surface area contributed by atoms with Crippen molar-refractivity contribution in [1.82, 2.24) is 14.9 Å². The van der Waals surface area contributed by atoms with Gasteiger partial charge in [0.25, 0.3) is 0 Å². The Bertz CT molecular complexity index is 286. The predicted molar refractivity (Wildman–Crippen MR) is 65.4 cm³/mol. The van der Waals surface area contributed by atoms with Gasteiger partial charge in [-0.3, -0.25) is 0 Å². The van der Waals surface area contributed by atoms with Crippen LogP contribution in [-0.4, -0.2) is 30.3 Å². The molecule has 4 nitrogen and oxygen atoms in total. The highest BCUT2D eigenvalue weighted by molar-refractivity contribution is 4.99. The fourth-order valence-corrected chi connectivity index (χ4v) is 1.90. The SMILES string of the molecule is CCCn1ccnc1C(CCCOC)NC. The molecule has 92 valence electrons. The number of nitrogens with one attached hydrogen (secondary N) is 1. The van der Waals surface area contributed by atoms with Crippen LogP contribution in [0.25, 0.3) is 0 Å². The molecule has 0 radical (unpaired) electrons. The van der Waals surface area contributed by atoms with Gasteiger partial charge in [-0.15, -0.1) is 0 Å². The van der Waals surface area contributed by atoms with E-state index in [9.17, 15) is 0 Å². The summed E-state index contributed by atoms with van der Waals surface area (Å²) in [5.74, 6) is 1.14. The number of aryl methyl sites for hydroxylation is 1. The molecule has 4 heteroatoms. The summed E-state index contributed by atoms with van der Waals surface area (Å²) in [5, 5.41) is 3.32. The van der Waals surface area contributed by atoms with E-state index >= 15 is 0 Å². The van der Waals surface area contributed by atoms with E-state index < -0.39 is 0 Å². The zero-order valence-corrected chi connectivity index (χ0v) is 10.6. The van der Waals surface area contributed by atoms with Crippen molar-refractivity contribution in [2.24, 2.45) is 0 Å². The van der Waals surface area contributed by atoms with Crippen molar-refractivity contribution in [2.45, 2.75) is 38.8 Å². The Morgan fingerprint density at radius 3 is 3.00 bits per heavy atom. The second-order valence-corrected chi connectivity index (χ2v) is 3.96. The summed E-state index contributed by atoms with van der Waals surface area (Å²) in [4.78, 5) is 4.44. The van der Waals surface area contributed by atoms with Gasteiger partial charge >= 0.3 is 0 Å². The molecular weight excluding hydrogens is 202 g/mol. The number of ether oxygens (including phenoxy) is 1. The maximum atomic E-state index is 5.08. The first-order valence-electron chi connectivity index (χ1n) is 6.00. The lowest BCUT2D eigenvalue weighted by Crippen LogP contribution is -2.21. The Hall–Kier alpha value is -0.870. The minimum atomic E-state index is 0.330. The summed E-state index contributed by atoms with van der Waals surface area (Å²) in [6.07, 6.45) is 7.19. The standard InChI is InChI=1S/C12H23N3O/c1-4-8-15-9-7-14-12(15)11(13-2)6-5-10-16-3/h7,9,11,13H,4-6,8,10H2,1-3H3. The Balaban J connectivity index is 2.59. The van der Waals surface area contributed by atoms with Crippen molar-refractivity contribution in [1.29, 1.82) is 0 Å². The van der Waals surface area contributed by atoms with E-state index in [4.69, 9.17) is 4.74 Å². The smallest absolute Gasteiger partial charge is 0.125 e. The molecule has 1 heterocycles. The molecule has 1 rings (SSSR count). The van der Waals surface area contributed by atoms with Gasteiger partial charge in [0, 0.05) is 32.7 Å². The normalized spacial score (nSPS) is 12.9. The molecule has 0 saturated carbocycles. The minimum Gasteiger partial charge on any atom is -0.385 e. The van der Waals surface area contributed by atoms with Gasteiger partial charge < -0.3 is 14.6 Å². The molecule has 0 aromatic carbocycles. The van der Waals surface area contributed by atoms with Crippen molar-refractivity contribution in [2.75, 3.05) is 20.8 Å². The summed E-state index contributed by atoms with van der Waals surface area (Å²) in [6, 6.07) is 0.330. The van der Waals surface area contributed by atoms with Gasteiger partial charge in [0.1, 0.15) is 5.82 Å². The second kappa shape index (κ2) is 7.41. The number of rotatable bonds is 8. The van der Waals surface area contributed by atoms with E-state index in [1.165, 1.54) is 0 Å². The first-order valence-corrected chi connectivity index (χ1v) is 6.00. The third kappa shape index (κ3) is 3.61. The highest BCUT2D eigenvalue weighted by Crippen LogP contribution is 2.16. The monoisotopic (exact) mass is 225 g/mol. The molecule has 1 aromatic rings. The summed E-state index contributed by atoms with van der Waals surface area (Å²) in [5.41, 5.74) is 0. The quantitative estimate of drug-likeness (QED) is 0.688. The highest BCUT2D eigenvalue weighted by atomic mass is 16.5. The lowest BCUT2D eigenvalue weighted by Gasteiger charge is -2.17. The lowest BCUT2D eigenvalue weighted by atomic mass is 10.1. The zero-order chi connectivity index (χ0) is 11.8. The number of imidazole rings is 1. The molecule has 1 aromatic heterocycles. The fourth-order valence-electron chi connectivity index (χ4n) is 1.90. The van der Waals surface area contributed by atoms with E-state index in [-0.39, 0.29) is 0 Å². The highest BCUT2D eigenvalue weighted by Gasteiger charge is 2.14. The molecule has 1 N–H and O–H groups in total. The molecule has 1 unspecified atom stereocenters. The molecule has 1 atom stereocenters. The van der Waals surface area contributed by atoms with Gasteiger partial charge in [-0.05, 0) is 26.3 Å². The van der Waals surface area contributed by atoms with Gasteiger partial charge in [0.15, 0.2) is 0 Å². The number of aromatic nitrogens is 2. The van der Waals surface area contributed by atoms with Crippen LogP contribution >= 0.6 is 0 Å². The van der Waals surface area contributed by atoms with Crippen molar-refractivity contribution in [3.8, 4) is 0 Å². The summed E-state index contributed by atoms with van der Waals surface area (Å²) >= 11 is 0.